The van der Waals surface area contributed by atoms with Crippen LogP contribution in [-0.4, -0.2) is 78.9 Å². The van der Waals surface area contributed by atoms with Gasteiger partial charge in [0.15, 0.2) is 11.6 Å². The molecule has 0 aliphatic rings. The second-order valence-electron chi connectivity index (χ2n) is 14.2. The molecular formula is C36H72NO8P. The lowest BCUT2D eigenvalue weighted by Gasteiger charge is -2.39. The largest absolute Gasteiger partial charge is 0.756 e. The highest BCUT2D eigenvalue weighted by Gasteiger charge is 2.53. The van der Waals surface area contributed by atoms with E-state index in [1.807, 2.05) is 21.1 Å². The Morgan fingerprint density at radius 2 is 1.00 bits per heavy atom. The Kier molecular flexibility index (Phi) is 26.8. The number of carbonyl (C=O) groups is 2. The molecule has 0 radical (unpaired) electrons. The first-order valence-corrected chi connectivity index (χ1v) is 20.1. The normalized spacial score (nSPS) is 14.3. The highest BCUT2D eigenvalue weighted by atomic mass is 31.2. The van der Waals surface area contributed by atoms with Crippen molar-refractivity contribution in [1.82, 2.24) is 0 Å². The smallest absolute Gasteiger partial charge is 0.269 e. The van der Waals surface area contributed by atoms with Crippen LogP contribution in [0.15, 0.2) is 0 Å². The number of rotatable bonds is 34. The van der Waals surface area contributed by atoms with E-state index >= 15 is 0 Å². The Morgan fingerprint density at radius 3 is 1.30 bits per heavy atom. The first kappa shape index (κ1) is 45.3. The number of aliphatic hydroxyl groups is 2. The molecule has 10 heteroatoms. The van der Waals surface area contributed by atoms with E-state index in [0.29, 0.717) is 23.9 Å². The van der Waals surface area contributed by atoms with Crippen molar-refractivity contribution in [1.29, 1.82) is 0 Å². The number of carbonyl (C=O) groups excluding carboxylic acids is 2. The van der Waals surface area contributed by atoms with Crippen LogP contribution in [0.3, 0.4) is 0 Å². The summed E-state index contributed by atoms with van der Waals surface area (Å²) in [7, 11) is 0.424. The number of hydrogen-bond acceptors (Lipinski definition) is 8. The van der Waals surface area contributed by atoms with Gasteiger partial charge in [0.1, 0.15) is 19.3 Å². The standard InChI is InChI=1S/C36H72NO8P/c1-6-8-10-12-14-16-18-20-22-24-26-28-33(39)36(35(41)32-38,45-46(42,43)44-31-30-37(3,4)5)34(40)29-27-25-23-21-19-17-15-13-11-9-7-2/h35,38,41H,6-32H2,1-5H3/t35-/m0/s1. The van der Waals surface area contributed by atoms with Crippen LogP contribution in [0.5, 0.6) is 0 Å². The average Bonchev–Trinajstić information content (AvgIpc) is 2.99. The van der Waals surface area contributed by atoms with E-state index in [4.69, 9.17) is 9.05 Å². The van der Waals surface area contributed by atoms with Gasteiger partial charge in [-0.3, -0.25) is 18.7 Å². The molecule has 0 saturated heterocycles. The molecule has 0 aromatic rings. The first-order valence-electron chi connectivity index (χ1n) is 18.7. The van der Waals surface area contributed by atoms with E-state index in [9.17, 15) is 29.3 Å². The molecule has 0 rings (SSSR count). The van der Waals surface area contributed by atoms with Crippen molar-refractivity contribution in [2.24, 2.45) is 0 Å². The van der Waals surface area contributed by atoms with Crippen molar-refractivity contribution in [2.45, 2.75) is 180 Å². The molecule has 0 aromatic heterocycles. The number of Topliss-reactive ketones (excluding diaryl/α,β-unsaturated/α-hetero) is 2. The van der Waals surface area contributed by atoms with Gasteiger partial charge in [0.25, 0.3) is 7.82 Å². The summed E-state index contributed by atoms with van der Waals surface area (Å²) in [5.74, 6) is -1.63. The van der Waals surface area contributed by atoms with E-state index in [0.717, 1.165) is 51.4 Å². The van der Waals surface area contributed by atoms with Crippen molar-refractivity contribution in [3.63, 3.8) is 0 Å². The Morgan fingerprint density at radius 1 is 0.674 bits per heavy atom. The van der Waals surface area contributed by atoms with Crippen LogP contribution in [0.2, 0.25) is 0 Å². The average molecular weight is 678 g/mol. The summed E-state index contributed by atoms with van der Waals surface area (Å²) in [4.78, 5) is 40.2. The van der Waals surface area contributed by atoms with Crippen LogP contribution >= 0.6 is 7.82 Å². The van der Waals surface area contributed by atoms with E-state index < -0.39 is 37.7 Å². The summed E-state index contributed by atoms with van der Waals surface area (Å²) in [6.07, 6.45) is 21.4. The maximum Gasteiger partial charge on any atom is 0.269 e. The minimum Gasteiger partial charge on any atom is -0.756 e. The van der Waals surface area contributed by atoms with Gasteiger partial charge in [0, 0.05) is 12.8 Å². The van der Waals surface area contributed by atoms with Crippen LogP contribution in [0.1, 0.15) is 168 Å². The third-order valence-corrected chi connectivity index (χ3v) is 9.76. The monoisotopic (exact) mass is 677 g/mol. The van der Waals surface area contributed by atoms with Gasteiger partial charge >= 0.3 is 0 Å². The van der Waals surface area contributed by atoms with Gasteiger partial charge in [-0.05, 0) is 12.8 Å². The Hall–Kier alpha value is -0.670. The first-order chi connectivity index (χ1) is 21.9. The van der Waals surface area contributed by atoms with E-state index in [-0.39, 0.29) is 19.4 Å². The number of ketones is 2. The van der Waals surface area contributed by atoms with Crippen molar-refractivity contribution < 1.29 is 42.8 Å². The quantitative estimate of drug-likeness (QED) is 0.0305. The van der Waals surface area contributed by atoms with Crippen LogP contribution < -0.4 is 4.89 Å². The molecule has 0 aromatic carbocycles. The van der Waals surface area contributed by atoms with Gasteiger partial charge in [0.05, 0.1) is 27.7 Å². The molecule has 274 valence electrons. The number of unbranched alkanes of at least 4 members (excludes halogenated alkanes) is 20. The number of hydrogen-bond donors (Lipinski definition) is 2. The molecule has 0 saturated carbocycles. The molecule has 1 unspecified atom stereocenters. The summed E-state index contributed by atoms with van der Waals surface area (Å²) in [5.41, 5.74) is -2.71. The highest BCUT2D eigenvalue weighted by Crippen LogP contribution is 2.46. The maximum atomic E-state index is 13.6. The number of phosphoric acid groups is 1. The van der Waals surface area contributed by atoms with E-state index in [2.05, 4.69) is 13.8 Å². The molecule has 0 heterocycles. The minimum absolute atomic E-state index is 0.128. The third-order valence-electron chi connectivity index (χ3n) is 8.75. The van der Waals surface area contributed by atoms with Crippen LogP contribution in [0.25, 0.3) is 0 Å². The molecule has 0 aliphatic heterocycles. The lowest BCUT2D eigenvalue weighted by Crippen LogP contribution is -2.59. The van der Waals surface area contributed by atoms with Gasteiger partial charge in [-0.25, -0.2) is 0 Å². The SMILES string of the molecule is CCCCCCCCCCCCCC(=O)C(OP(=O)([O-])OCC[N+](C)(C)C)(C(=O)CCCCCCCCCCCCC)[C@@H](O)CO. The lowest BCUT2D eigenvalue weighted by molar-refractivity contribution is -0.870. The molecule has 9 nitrogen and oxygen atoms in total. The molecule has 2 N–H and O–H groups in total. The molecule has 0 fully saturated rings. The predicted octanol–water partition coefficient (Wildman–Crippen LogP) is 7.83. The van der Waals surface area contributed by atoms with Crippen molar-refractivity contribution in [2.75, 3.05) is 40.9 Å². The predicted molar refractivity (Wildman–Crippen MR) is 186 cm³/mol. The van der Waals surface area contributed by atoms with Crippen molar-refractivity contribution >= 4 is 19.4 Å². The summed E-state index contributed by atoms with van der Waals surface area (Å²) < 4.78 is 23.7. The Balaban J connectivity index is 5.21. The van der Waals surface area contributed by atoms with Gasteiger partial charge in [-0.15, -0.1) is 0 Å². The fraction of sp³-hybridized carbons (Fsp3) is 0.944. The zero-order valence-electron chi connectivity index (χ0n) is 30.4. The summed E-state index contributed by atoms with van der Waals surface area (Å²) in [5, 5.41) is 20.7. The van der Waals surface area contributed by atoms with E-state index in [1.165, 1.54) is 77.0 Å². The summed E-state index contributed by atoms with van der Waals surface area (Å²) >= 11 is 0. The number of quaternary nitrogens is 1. The molecule has 46 heavy (non-hydrogen) atoms. The third kappa shape index (κ3) is 22.1. The lowest BCUT2D eigenvalue weighted by atomic mass is 9.82. The maximum absolute atomic E-state index is 13.6. The summed E-state index contributed by atoms with van der Waals surface area (Å²) in [6.45, 7) is 3.55. The van der Waals surface area contributed by atoms with Crippen LogP contribution in [0.4, 0.5) is 0 Å². The molecule has 0 aliphatic carbocycles. The van der Waals surface area contributed by atoms with Gasteiger partial charge in [0.2, 0.25) is 5.60 Å². The van der Waals surface area contributed by atoms with Crippen LogP contribution in [0, 0.1) is 0 Å². The van der Waals surface area contributed by atoms with Gasteiger partial charge < -0.3 is 24.1 Å². The number of nitrogens with zero attached hydrogens (tertiary/aromatic N) is 1. The number of likely N-dealkylation sites (N-methyl/N-ethyl adjacent to an activating group) is 1. The summed E-state index contributed by atoms with van der Waals surface area (Å²) in [6, 6.07) is 0. The molecule has 0 bridgehead atoms. The second kappa shape index (κ2) is 27.2. The number of phosphoric ester groups is 1. The zero-order valence-corrected chi connectivity index (χ0v) is 31.3. The van der Waals surface area contributed by atoms with Gasteiger partial charge in [-0.1, -0.05) is 142 Å². The molecule has 0 spiro atoms. The zero-order chi connectivity index (χ0) is 34.7. The minimum atomic E-state index is -5.18. The highest BCUT2D eigenvalue weighted by molar-refractivity contribution is 7.46. The topological polar surface area (TPSA) is 133 Å². The Bertz CT molecular complexity index is 778. The molecule has 2 atom stereocenters. The fourth-order valence-corrected chi connectivity index (χ4v) is 6.75. The van der Waals surface area contributed by atoms with Crippen molar-refractivity contribution in [3.8, 4) is 0 Å². The Labute approximate surface area is 282 Å². The van der Waals surface area contributed by atoms with Crippen LogP contribution in [-0.2, 0) is 23.2 Å². The van der Waals surface area contributed by atoms with Gasteiger partial charge in [-0.2, -0.15) is 0 Å². The van der Waals surface area contributed by atoms with E-state index in [1.54, 1.807) is 0 Å². The van der Waals surface area contributed by atoms with Crippen molar-refractivity contribution in [3.05, 3.63) is 0 Å². The number of aliphatic hydroxyl groups excluding tert-OH is 2. The fourth-order valence-electron chi connectivity index (χ4n) is 5.72. The second-order valence-corrected chi connectivity index (χ2v) is 15.6. The molecule has 0 amide bonds. The molecular weight excluding hydrogens is 605 g/mol.